The smallest absolute Gasteiger partial charge is 0.0599 e. The molecule has 0 atom stereocenters. The van der Waals surface area contributed by atoms with Crippen LogP contribution in [0, 0.1) is 0 Å². The molecule has 0 saturated heterocycles. The number of ether oxygens (including phenoxy) is 1. The maximum atomic E-state index is 5.68. The molecule has 2 nitrogen and oxygen atoms in total. The molecule has 0 aliphatic carbocycles. The van der Waals surface area contributed by atoms with Gasteiger partial charge in [0.1, 0.15) is 0 Å². The van der Waals surface area contributed by atoms with Crippen LogP contribution in [0.2, 0.25) is 0 Å². The summed E-state index contributed by atoms with van der Waals surface area (Å²) in [6.07, 6.45) is 4.65. The van der Waals surface area contributed by atoms with Crippen LogP contribution in [0.1, 0.15) is 47.5 Å². The fourth-order valence-corrected chi connectivity index (χ4v) is 2.43. The number of hydrogen-bond donors (Lipinski definition) is 1. The van der Waals surface area contributed by atoms with Crippen molar-refractivity contribution < 1.29 is 4.74 Å². The van der Waals surface area contributed by atoms with Gasteiger partial charge in [0, 0.05) is 17.8 Å². The Morgan fingerprint density at radius 1 is 1.12 bits per heavy atom. The predicted octanol–water partition coefficient (Wildman–Crippen LogP) is 3.31. The van der Waals surface area contributed by atoms with Gasteiger partial charge in [0.15, 0.2) is 0 Å². The lowest BCUT2D eigenvalue weighted by molar-refractivity contribution is -0.000914. The second-order valence-corrected chi connectivity index (χ2v) is 6.51. The highest BCUT2D eigenvalue weighted by Gasteiger charge is 2.23. The van der Waals surface area contributed by atoms with Crippen LogP contribution in [0.5, 0.6) is 0 Å². The molecule has 0 fully saturated rings. The van der Waals surface area contributed by atoms with Gasteiger partial charge < -0.3 is 10.1 Å². The second kappa shape index (κ2) is 7.57. The molecule has 1 N–H and O–H groups in total. The molecular formula is C13H29NOS. The molecule has 3 heteroatoms. The summed E-state index contributed by atoms with van der Waals surface area (Å²) in [5.74, 6) is 0. The molecule has 98 valence electrons. The standard InChI is InChI=1S/C13H29NOS/c1-7-13(8-2,16-6)11-14-9-10-15-12(3,4)5/h14H,7-11H2,1-6H3. The van der Waals surface area contributed by atoms with Crippen molar-refractivity contribution in [2.75, 3.05) is 26.0 Å². The van der Waals surface area contributed by atoms with Crippen LogP contribution in [-0.4, -0.2) is 36.3 Å². The van der Waals surface area contributed by atoms with Crippen LogP contribution in [0.4, 0.5) is 0 Å². The molecule has 0 amide bonds. The molecule has 16 heavy (non-hydrogen) atoms. The van der Waals surface area contributed by atoms with Gasteiger partial charge in [-0.25, -0.2) is 0 Å². The summed E-state index contributed by atoms with van der Waals surface area (Å²) in [4.78, 5) is 0. The molecule has 0 rings (SSSR count). The number of rotatable bonds is 8. The summed E-state index contributed by atoms with van der Waals surface area (Å²) >= 11 is 1.98. The number of thioether (sulfide) groups is 1. The van der Waals surface area contributed by atoms with Gasteiger partial charge in [-0.15, -0.1) is 0 Å². The van der Waals surface area contributed by atoms with E-state index in [-0.39, 0.29) is 5.60 Å². The van der Waals surface area contributed by atoms with E-state index in [9.17, 15) is 0 Å². The summed E-state index contributed by atoms with van der Waals surface area (Å²) in [6, 6.07) is 0. The largest absolute Gasteiger partial charge is 0.375 e. The Morgan fingerprint density at radius 2 is 1.69 bits per heavy atom. The number of nitrogens with one attached hydrogen (secondary N) is 1. The fraction of sp³-hybridized carbons (Fsp3) is 1.00. The van der Waals surface area contributed by atoms with Crippen molar-refractivity contribution in [3.8, 4) is 0 Å². The molecule has 0 bridgehead atoms. The van der Waals surface area contributed by atoms with Gasteiger partial charge in [-0.1, -0.05) is 13.8 Å². The van der Waals surface area contributed by atoms with Gasteiger partial charge in [0.05, 0.1) is 12.2 Å². The van der Waals surface area contributed by atoms with Crippen molar-refractivity contribution in [3.05, 3.63) is 0 Å². The van der Waals surface area contributed by atoms with Crippen molar-refractivity contribution in [2.24, 2.45) is 0 Å². The first-order valence-electron chi connectivity index (χ1n) is 6.29. The van der Waals surface area contributed by atoms with E-state index in [0.717, 1.165) is 19.7 Å². The maximum absolute atomic E-state index is 5.68. The average molecular weight is 247 g/mol. The Hall–Kier alpha value is 0.270. The quantitative estimate of drug-likeness (QED) is 0.665. The molecule has 0 unspecified atom stereocenters. The Labute approximate surface area is 106 Å². The molecular weight excluding hydrogens is 218 g/mol. The SMILES string of the molecule is CCC(CC)(CNCCOC(C)(C)C)SC. The van der Waals surface area contributed by atoms with Gasteiger partial charge in [-0.3, -0.25) is 0 Å². The van der Waals surface area contributed by atoms with E-state index in [1.165, 1.54) is 12.8 Å². The van der Waals surface area contributed by atoms with Gasteiger partial charge in [0.2, 0.25) is 0 Å². The predicted molar refractivity (Wildman–Crippen MR) is 75.4 cm³/mol. The third kappa shape index (κ3) is 6.77. The summed E-state index contributed by atoms with van der Waals surface area (Å²) in [5.41, 5.74) is -0.0201. The highest BCUT2D eigenvalue weighted by atomic mass is 32.2. The lowest BCUT2D eigenvalue weighted by atomic mass is 10.0. The second-order valence-electron chi connectivity index (χ2n) is 5.23. The molecule has 0 spiro atoms. The molecule has 0 saturated carbocycles. The Kier molecular flexibility index (Phi) is 7.70. The Bertz CT molecular complexity index is 165. The fourth-order valence-electron chi connectivity index (χ4n) is 1.61. The number of hydrogen-bond acceptors (Lipinski definition) is 3. The first kappa shape index (κ1) is 16.3. The van der Waals surface area contributed by atoms with Crippen LogP contribution in [0.25, 0.3) is 0 Å². The van der Waals surface area contributed by atoms with E-state index in [4.69, 9.17) is 4.74 Å². The minimum atomic E-state index is -0.0201. The van der Waals surface area contributed by atoms with E-state index < -0.39 is 0 Å². The topological polar surface area (TPSA) is 21.3 Å². The van der Waals surface area contributed by atoms with Crippen molar-refractivity contribution in [1.29, 1.82) is 0 Å². The highest BCUT2D eigenvalue weighted by Crippen LogP contribution is 2.29. The van der Waals surface area contributed by atoms with E-state index in [1.54, 1.807) is 0 Å². The third-order valence-corrected chi connectivity index (χ3v) is 4.57. The summed E-state index contributed by atoms with van der Waals surface area (Å²) in [5, 5.41) is 3.51. The summed E-state index contributed by atoms with van der Waals surface area (Å²) in [6.45, 7) is 13.6. The lowest BCUT2D eigenvalue weighted by Crippen LogP contribution is -2.38. The van der Waals surface area contributed by atoms with Crippen LogP contribution >= 0.6 is 11.8 Å². The average Bonchev–Trinajstić information content (AvgIpc) is 2.23. The van der Waals surface area contributed by atoms with Crippen LogP contribution < -0.4 is 5.32 Å². The zero-order valence-electron chi connectivity index (χ0n) is 11.9. The minimum absolute atomic E-state index is 0.0201. The van der Waals surface area contributed by atoms with Crippen molar-refractivity contribution in [1.82, 2.24) is 5.32 Å². The van der Waals surface area contributed by atoms with E-state index in [2.05, 4.69) is 46.2 Å². The monoisotopic (exact) mass is 247 g/mol. The molecule has 0 aliphatic rings. The van der Waals surface area contributed by atoms with E-state index in [0.29, 0.717) is 4.75 Å². The van der Waals surface area contributed by atoms with Gasteiger partial charge in [-0.05, 0) is 39.9 Å². The molecule has 0 aliphatic heterocycles. The summed E-state index contributed by atoms with van der Waals surface area (Å²) < 4.78 is 6.08. The van der Waals surface area contributed by atoms with Gasteiger partial charge >= 0.3 is 0 Å². The third-order valence-electron chi connectivity index (χ3n) is 2.98. The maximum Gasteiger partial charge on any atom is 0.0599 e. The van der Waals surface area contributed by atoms with Crippen LogP contribution in [0.15, 0.2) is 0 Å². The first-order valence-corrected chi connectivity index (χ1v) is 7.51. The summed E-state index contributed by atoms with van der Waals surface area (Å²) in [7, 11) is 0. The van der Waals surface area contributed by atoms with Gasteiger partial charge in [-0.2, -0.15) is 11.8 Å². The van der Waals surface area contributed by atoms with Crippen LogP contribution in [0.3, 0.4) is 0 Å². The van der Waals surface area contributed by atoms with E-state index in [1.807, 2.05) is 11.8 Å². The van der Waals surface area contributed by atoms with Crippen molar-refractivity contribution >= 4 is 11.8 Å². The highest BCUT2D eigenvalue weighted by molar-refractivity contribution is 8.00. The molecule has 0 heterocycles. The lowest BCUT2D eigenvalue weighted by Gasteiger charge is -2.30. The Balaban J connectivity index is 3.71. The first-order chi connectivity index (χ1) is 7.39. The Morgan fingerprint density at radius 3 is 2.06 bits per heavy atom. The zero-order valence-corrected chi connectivity index (χ0v) is 12.7. The zero-order chi connectivity index (χ0) is 12.7. The van der Waals surface area contributed by atoms with Crippen molar-refractivity contribution in [2.45, 2.75) is 57.8 Å². The molecule has 0 aromatic heterocycles. The minimum Gasteiger partial charge on any atom is -0.375 e. The molecule has 0 aromatic rings. The van der Waals surface area contributed by atoms with Crippen LogP contribution in [-0.2, 0) is 4.74 Å². The molecule has 0 aromatic carbocycles. The van der Waals surface area contributed by atoms with Gasteiger partial charge in [0.25, 0.3) is 0 Å². The van der Waals surface area contributed by atoms with E-state index >= 15 is 0 Å². The van der Waals surface area contributed by atoms with Crippen molar-refractivity contribution in [3.63, 3.8) is 0 Å². The molecule has 0 radical (unpaired) electrons. The normalized spacial score (nSPS) is 13.1.